The van der Waals surface area contributed by atoms with Crippen molar-refractivity contribution in [3.8, 4) is 5.75 Å². The summed E-state index contributed by atoms with van der Waals surface area (Å²) < 4.78 is 54.8. The van der Waals surface area contributed by atoms with Gasteiger partial charge in [-0.15, -0.1) is 23.2 Å². The number of fused-ring (bicyclic) bond motifs is 5. The van der Waals surface area contributed by atoms with Crippen molar-refractivity contribution in [1.82, 2.24) is 9.99 Å². The highest BCUT2D eigenvalue weighted by atomic mass is 35.5. The standard InChI is InChI=1S/C37H25Cl3F4N4O5/c1-46(30-24(38)13-15-26(45-30)37(42,43)44)48-31(50)22-12-11-21-23(27(22)32(48)51)16-35(39)33(52)47(19-9-7-18(41)8-10-19)34(53)36(35,40)29(21)28-20-5-3-2-4-17(20)6-14-25(28)49/h2-11,13-15,22-23,27,29,49H,12,16H2,1H3/t22-,23+,27-,29+,35+,36-/m0/s1. The number of benzene rings is 3. The molecular weight excluding hydrogens is 763 g/mol. The second-order valence-corrected chi connectivity index (χ2v) is 15.1. The summed E-state index contributed by atoms with van der Waals surface area (Å²) in [4.78, 5) is 57.5. The Bertz CT molecular complexity index is 2320. The van der Waals surface area contributed by atoms with Crippen LogP contribution in [-0.2, 0) is 25.4 Å². The molecule has 16 heteroatoms. The van der Waals surface area contributed by atoms with Crippen molar-refractivity contribution in [3.05, 3.63) is 107 Å². The number of alkyl halides is 5. The van der Waals surface area contributed by atoms with Crippen molar-refractivity contribution in [3.63, 3.8) is 0 Å². The fourth-order valence-electron chi connectivity index (χ4n) is 8.49. The molecule has 3 aromatic carbocycles. The van der Waals surface area contributed by atoms with Crippen molar-refractivity contribution in [1.29, 1.82) is 0 Å². The van der Waals surface area contributed by atoms with Crippen LogP contribution in [-0.4, -0.2) is 55.5 Å². The molecule has 3 heterocycles. The lowest BCUT2D eigenvalue weighted by atomic mass is 9.56. The summed E-state index contributed by atoms with van der Waals surface area (Å²) in [5, 5.41) is 13.9. The molecule has 1 saturated carbocycles. The van der Waals surface area contributed by atoms with Crippen LogP contribution in [0.4, 0.5) is 29.1 Å². The van der Waals surface area contributed by atoms with Crippen LogP contribution in [0.5, 0.6) is 5.75 Å². The van der Waals surface area contributed by atoms with Gasteiger partial charge in [-0.1, -0.05) is 53.6 Å². The molecule has 1 aromatic heterocycles. The zero-order chi connectivity index (χ0) is 37.9. The zero-order valence-corrected chi connectivity index (χ0v) is 29.5. The Hall–Kier alpha value is -4.72. The number of nitrogens with zero attached hydrogens (tertiary/aromatic N) is 4. The molecule has 53 heavy (non-hydrogen) atoms. The first-order chi connectivity index (χ1) is 25.0. The third kappa shape index (κ3) is 4.86. The minimum absolute atomic E-state index is 0.0167. The normalized spacial score (nSPS) is 28.3. The first-order valence-corrected chi connectivity index (χ1v) is 17.4. The van der Waals surface area contributed by atoms with Gasteiger partial charge in [0.25, 0.3) is 23.6 Å². The summed E-state index contributed by atoms with van der Waals surface area (Å²) in [6.45, 7) is 0. The SMILES string of the molecule is CN(c1nc(C(F)(F)F)ccc1Cl)N1C(=O)[C@H]2[C@H](CC=C3[C@H]2C[C@@]2(Cl)C(=O)N(c4ccc(F)cc4)C(=O)[C@@]2(Cl)[C@H]3c2c(O)ccc3ccccc23)C1=O. The number of anilines is 2. The number of imide groups is 2. The quantitative estimate of drug-likeness (QED) is 0.0996. The van der Waals surface area contributed by atoms with E-state index < -0.39 is 87.0 Å². The molecule has 4 aliphatic rings. The maximum Gasteiger partial charge on any atom is 0.433 e. The number of phenols is 1. The Labute approximate surface area is 313 Å². The molecule has 272 valence electrons. The summed E-state index contributed by atoms with van der Waals surface area (Å²) in [6.07, 6.45) is -3.69. The molecule has 2 aliphatic heterocycles. The van der Waals surface area contributed by atoms with Crippen molar-refractivity contribution >= 4 is 80.7 Å². The minimum atomic E-state index is -4.86. The third-order valence-corrected chi connectivity index (χ3v) is 12.5. The molecule has 3 fully saturated rings. The van der Waals surface area contributed by atoms with Crippen LogP contribution in [0.3, 0.4) is 0 Å². The molecule has 1 N–H and O–H groups in total. The van der Waals surface area contributed by atoms with Crippen LogP contribution in [0.15, 0.2) is 84.4 Å². The second kappa shape index (κ2) is 11.9. The Morgan fingerprint density at radius 3 is 2.30 bits per heavy atom. The van der Waals surface area contributed by atoms with Gasteiger partial charge in [-0.2, -0.15) is 18.2 Å². The van der Waals surface area contributed by atoms with E-state index in [1.807, 2.05) is 0 Å². The average Bonchev–Trinajstić information content (AvgIpc) is 3.46. The highest BCUT2D eigenvalue weighted by molar-refractivity contribution is 6.58. The molecular formula is C37H25Cl3F4N4O5. The van der Waals surface area contributed by atoms with Gasteiger partial charge in [0.1, 0.15) is 17.3 Å². The number of halogens is 7. The predicted molar refractivity (Wildman–Crippen MR) is 187 cm³/mol. The summed E-state index contributed by atoms with van der Waals surface area (Å²) in [6, 6.07) is 16.2. The van der Waals surface area contributed by atoms with Crippen molar-refractivity contribution in [2.24, 2.45) is 17.8 Å². The van der Waals surface area contributed by atoms with Gasteiger partial charge < -0.3 is 5.11 Å². The highest BCUT2D eigenvalue weighted by Gasteiger charge is 2.77. The van der Waals surface area contributed by atoms with E-state index in [4.69, 9.17) is 34.8 Å². The number of pyridine rings is 1. The summed E-state index contributed by atoms with van der Waals surface area (Å²) in [5.41, 5.74) is -0.790. The Kier molecular flexibility index (Phi) is 7.92. The zero-order valence-electron chi connectivity index (χ0n) is 27.2. The number of hydrogen-bond acceptors (Lipinski definition) is 7. The molecule has 0 bridgehead atoms. The van der Waals surface area contributed by atoms with Gasteiger partial charge in [-0.3, -0.25) is 24.2 Å². The molecule has 0 radical (unpaired) electrons. The van der Waals surface area contributed by atoms with E-state index in [2.05, 4.69) is 4.98 Å². The Morgan fingerprint density at radius 2 is 1.60 bits per heavy atom. The molecule has 4 aromatic rings. The number of rotatable bonds is 4. The van der Waals surface area contributed by atoms with E-state index in [1.165, 1.54) is 25.2 Å². The molecule has 4 amide bonds. The van der Waals surface area contributed by atoms with Crippen LogP contribution in [0.25, 0.3) is 10.8 Å². The molecule has 8 rings (SSSR count). The number of allylic oxidation sites excluding steroid dienone is 2. The van der Waals surface area contributed by atoms with Crippen LogP contribution < -0.4 is 9.91 Å². The van der Waals surface area contributed by atoms with Gasteiger partial charge in [-0.05, 0) is 72.0 Å². The smallest absolute Gasteiger partial charge is 0.433 e. The van der Waals surface area contributed by atoms with Crippen molar-refractivity contribution < 1.29 is 41.8 Å². The number of carbonyl (C=O) groups excluding carboxylic acids is 4. The first kappa shape index (κ1) is 35.3. The summed E-state index contributed by atoms with van der Waals surface area (Å²) in [5.74, 6) is -9.57. The van der Waals surface area contributed by atoms with Gasteiger partial charge in [0.05, 0.1) is 22.5 Å². The number of amides is 4. The van der Waals surface area contributed by atoms with E-state index in [1.54, 1.807) is 36.4 Å². The molecule has 9 nitrogen and oxygen atoms in total. The van der Waals surface area contributed by atoms with E-state index >= 15 is 0 Å². The number of hydrogen-bond donors (Lipinski definition) is 1. The van der Waals surface area contributed by atoms with Gasteiger partial charge in [0.15, 0.2) is 15.6 Å². The predicted octanol–water partition coefficient (Wildman–Crippen LogP) is 7.37. The average molecular weight is 788 g/mol. The van der Waals surface area contributed by atoms with E-state index in [9.17, 15) is 41.8 Å². The molecule has 2 aliphatic carbocycles. The Balaban J connectivity index is 1.29. The maximum atomic E-state index is 14.7. The number of hydrazine groups is 1. The van der Waals surface area contributed by atoms with E-state index in [-0.39, 0.29) is 28.4 Å². The third-order valence-electron chi connectivity index (χ3n) is 10.8. The first-order valence-electron chi connectivity index (χ1n) is 16.3. The van der Waals surface area contributed by atoms with Crippen molar-refractivity contribution in [2.45, 2.75) is 34.7 Å². The van der Waals surface area contributed by atoms with Crippen LogP contribution in [0.1, 0.15) is 30.0 Å². The topological polar surface area (TPSA) is 111 Å². The van der Waals surface area contributed by atoms with E-state index in [0.717, 1.165) is 28.1 Å². The lowest BCUT2D eigenvalue weighted by molar-refractivity contribution is -0.141. The summed E-state index contributed by atoms with van der Waals surface area (Å²) >= 11 is 21.1. The number of carbonyl (C=O) groups is 4. The monoisotopic (exact) mass is 786 g/mol. The fraction of sp³-hybridized carbons (Fsp3) is 0.270. The fourth-order valence-corrected chi connectivity index (χ4v) is 9.64. The lowest BCUT2D eigenvalue weighted by Gasteiger charge is -2.51. The van der Waals surface area contributed by atoms with Crippen LogP contribution >= 0.6 is 34.8 Å². The minimum Gasteiger partial charge on any atom is -0.508 e. The highest BCUT2D eigenvalue weighted by Crippen LogP contribution is 2.67. The van der Waals surface area contributed by atoms with Crippen molar-refractivity contribution in [2.75, 3.05) is 17.0 Å². The van der Waals surface area contributed by atoms with E-state index in [0.29, 0.717) is 27.4 Å². The largest absolute Gasteiger partial charge is 0.508 e. The molecule has 2 saturated heterocycles. The number of aromatic hydroxyl groups is 1. The van der Waals surface area contributed by atoms with Crippen LogP contribution in [0, 0.1) is 23.6 Å². The summed E-state index contributed by atoms with van der Waals surface area (Å²) in [7, 11) is 1.18. The van der Waals surface area contributed by atoms with Gasteiger partial charge in [0.2, 0.25) is 0 Å². The molecule has 0 unspecified atom stereocenters. The molecule has 0 spiro atoms. The second-order valence-electron chi connectivity index (χ2n) is 13.5. The lowest BCUT2D eigenvalue weighted by Crippen LogP contribution is -2.60. The van der Waals surface area contributed by atoms with Crippen LogP contribution in [0.2, 0.25) is 5.02 Å². The number of aromatic nitrogens is 1. The van der Waals surface area contributed by atoms with Gasteiger partial charge in [-0.25, -0.2) is 14.3 Å². The molecule has 6 atom stereocenters. The van der Waals surface area contributed by atoms with Gasteiger partial charge >= 0.3 is 6.18 Å². The number of phenolic OH excluding ortho intramolecular Hbond substituents is 1. The maximum absolute atomic E-state index is 14.7. The van der Waals surface area contributed by atoms with Gasteiger partial charge in [0, 0.05) is 18.5 Å². The Morgan fingerprint density at radius 1 is 0.906 bits per heavy atom.